The lowest BCUT2D eigenvalue weighted by molar-refractivity contribution is 0.124. The third-order valence-corrected chi connectivity index (χ3v) is 3.10. The molecule has 1 fully saturated rings. The van der Waals surface area contributed by atoms with E-state index in [4.69, 9.17) is 4.74 Å². The average molecular weight is 199 g/mol. The highest BCUT2D eigenvalue weighted by atomic mass is 16.5. The van der Waals surface area contributed by atoms with Crippen molar-refractivity contribution in [1.82, 2.24) is 5.32 Å². The van der Waals surface area contributed by atoms with Crippen LogP contribution in [0.25, 0.3) is 0 Å². The third kappa shape index (κ3) is 5.61. The van der Waals surface area contributed by atoms with Gasteiger partial charge in [0, 0.05) is 18.7 Å². The molecule has 0 aromatic carbocycles. The second-order valence-corrected chi connectivity index (χ2v) is 5.01. The van der Waals surface area contributed by atoms with Gasteiger partial charge in [0.1, 0.15) is 0 Å². The van der Waals surface area contributed by atoms with Crippen LogP contribution in [0.4, 0.5) is 0 Å². The molecule has 0 heterocycles. The van der Waals surface area contributed by atoms with Gasteiger partial charge in [-0.05, 0) is 32.6 Å². The normalized spacial score (nSPS) is 17.4. The highest BCUT2D eigenvalue weighted by Crippen LogP contribution is 2.31. The van der Waals surface area contributed by atoms with Crippen molar-refractivity contribution in [3.8, 4) is 0 Å². The maximum absolute atomic E-state index is 5.56. The zero-order chi connectivity index (χ0) is 10.4. The summed E-state index contributed by atoms with van der Waals surface area (Å²) in [7, 11) is 0. The molecule has 0 unspecified atom stereocenters. The topological polar surface area (TPSA) is 21.3 Å². The largest absolute Gasteiger partial charge is 0.380 e. The molecule has 1 saturated carbocycles. The third-order valence-electron chi connectivity index (χ3n) is 3.10. The predicted molar refractivity (Wildman–Crippen MR) is 60.5 cm³/mol. The molecule has 1 aliphatic rings. The molecule has 1 rings (SSSR count). The van der Waals surface area contributed by atoms with E-state index in [1.807, 2.05) is 0 Å². The number of rotatable bonds is 8. The molecule has 2 nitrogen and oxygen atoms in total. The van der Waals surface area contributed by atoms with Crippen LogP contribution in [0.1, 0.15) is 46.5 Å². The molecule has 0 atom stereocenters. The van der Waals surface area contributed by atoms with E-state index in [1.165, 1.54) is 19.3 Å². The Kier molecular flexibility index (Phi) is 4.90. The molecule has 2 heteroatoms. The van der Waals surface area contributed by atoms with Gasteiger partial charge in [0.25, 0.3) is 0 Å². The van der Waals surface area contributed by atoms with E-state index >= 15 is 0 Å². The van der Waals surface area contributed by atoms with Gasteiger partial charge >= 0.3 is 0 Å². The van der Waals surface area contributed by atoms with Crippen molar-refractivity contribution in [3.05, 3.63) is 0 Å². The molecule has 14 heavy (non-hydrogen) atoms. The monoisotopic (exact) mass is 199 g/mol. The summed E-state index contributed by atoms with van der Waals surface area (Å²) in [6, 6.07) is 0. The van der Waals surface area contributed by atoms with Crippen molar-refractivity contribution >= 4 is 0 Å². The quantitative estimate of drug-likeness (QED) is 0.607. The first-order valence-electron chi connectivity index (χ1n) is 5.97. The van der Waals surface area contributed by atoms with E-state index in [-0.39, 0.29) is 5.54 Å². The minimum atomic E-state index is 0.264. The molecule has 1 aliphatic carbocycles. The summed E-state index contributed by atoms with van der Waals surface area (Å²) in [5.41, 5.74) is 0.264. The van der Waals surface area contributed by atoms with E-state index in [2.05, 4.69) is 26.1 Å². The highest BCUT2D eigenvalue weighted by molar-refractivity contribution is 4.75. The molecule has 0 aliphatic heterocycles. The van der Waals surface area contributed by atoms with Crippen molar-refractivity contribution in [2.45, 2.75) is 52.0 Å². The van der Waals surface area contributed by atoms with Crippen LogP contribution in [0.5, 0.6) is 0 Å². The molecular formula is C12H25NO. The number of hydrogen-bond donors (Lipinski definition) is 1. The zero-order valence-corrected chi connectivity index (χ0v) is 9.94. The second kappa shape index (κ2) is 5.72. The van der Waals surface area contributed by atoms with Crippen LogP contribution in [-0.2, 0) is 4.74 Å². The minimum absolute atomic E-state index is 0.264. The van der Waals surface area contributed by atoms with Gasteiger partial charge in [-0.1, -0.05) is 19.8 Å². The summed E-state index contributed by atoms with van der Waals surface area (Å²) in [5.74, 6) is 0.995. The van der Waals surface area contributed by atoms with E-state index < -0.39 is 0 Å². The van der Waals surface area contributed by atoms with Crippen molar-refractivity contribution in [2.24, 2.45) is 5.92 Å². The van der Waals surface area contributed by atoms with Crippen molar-refractivity contribution < 1.29 is 4.74 Å². The van der Waals surface area contributed by atoms with Crippen LogP contribution in [-0.4, -0.2) is 25.3 Å². The second-order valence-electron chi connectivity index (χ2n) is 5.01. The van der Waals surface area contributed by atoms with Crippen LogP contribution in [0.15, 0.2) is 0 Å². The summed E-state index contributed by atoms with van der Waals surface area (Å²) in [6.45, 7) is 9.47. The summed E-state index contributed by atoms with van der Waals surface area (Å²) < 4.78 is 5.56. The molecule has 0 radical (unpaired) electrons. The van der Waals surface area contributed by atoms with Gasteiger partial charge in [0.15, 0.2) is 0 Å². The van der Waals surface area contributed by atoms with E-state index in [9.17, 15) is 0 Å². The first kappa shape index (κ1) is 12.0. The summed E-state index contributed by atoms with van der Waals surface area (Å²) in [4.78, 5) is 0. The lowest BCUT2D eigenvalue weighted by Gasteiger charge is -2.24. The fourth-order valence-electron chi connectivity index (χ4n) is 1.35. The van der Waals surface area contributed by atoms with E-state index in [0.29, 0.717) is 0 Å². The molecule has 0 amide bonds. The first-order valence-corrected chi connectivity index (χ1v) is 5.97. The van der Waals surface area contributed by atoms with Crippen LogP contribution in [0, 0.1) is 5.92 Å². The smallest absolute Gasteiger partial charge is 0.0591 e. The Morgan fingerprint density at radius 2 is 2.00 bits per heavy atom. The number of hydrogen-bond acceptors (Lipinski definition) is 2. The van der Waals surface area contributed by atoms with Gasteiger partial charge in [-0.15, -0.1) is 0 Å². The van der Waals surface area contributed by atoms with Gasteiger partial charge in [-0.25, -0.2) is 0 Å². The van der Waals surface area contributed by atoms with E-state index in [0.717, 1.165) is 32.1 Å². The molecule has 1 N–H and O–H groups in total. The molecular weight excluding hydrogens is 174 g/mol. The Bertz CT molecular complexity index is 152. The van der Waals surface area contributed by atoms with E-state index in [1.54, 1.807) is 0 Å². The first-order chi connectivity index (χ1) is 6.64. The van der Waals surface area contributed by atoms with Crippen molar-refractivity contribution in [1.29, 1.82) is 0 Å². The van der Waals surface area contributed by atoms with Crippen LogP contribution in [0.2, 0.25) is 0 Å². The van der Waals surface area contributed by atoms with Gasteiger partial charge in [-0.2, -0.15) is 0 Å². The number of nitrogens with one attached hydrogen (secondary N) is 1. The van der Waals surface area contributed by atoms with Crippen LogP contribution >= 0.6 is 0 Å². The Morgan fingerprint density at radius 3 is 2.57 bits per heavy atom. The van der Waals surface area contributed by atoms with Gasteiger partial charge < -0.3 is 10.1 Å². The minimum Gasteiger partial charge on any atom is -0.380 e. The lowest BCUT2D eigenvalue weighted by atomic mass is 10.0. The highest BCUT2D eigenvalue weighted by Gasteiger charge is 2.20. The fraction of sp³-hybridized carbons (Fsp3) is 1.00. The van der Waals surface area contributed by atoms with Gasteiger partial charge in [0.05, 0.1) is 6.61 Å². The van der Waals surface area contributed by atoms with Gasteiger partial charge in [-0.3, -0.25) is 0 Å². The summed E-state index contributed by atoms with van der Waals surface area (Å²) in [6.07, 6.45) is 5.31. The molecule has 0 saturated heterocycles. The SMILES string of the molecule is CCC(C)(C)NCCOCCC1CC1. The number of ether oxygens (including phenoxy) is 1. The summed E-state index contributed by atoms with van der Waals surface area (Å²) >= 11 is 0. The maximum Gasteiger partial charge on any atom is 0.0591 e. The zero-order valence-electron chi connectivity index (χ0n) is 9.94. The standard InChI is InChI=1S/C12H25NO/c1-4-12(2,3)13-8-10-14-9-7-11-5-6-11/h11,13H,4-10H2,1-3H3. The fourth-order valence-corrected chi connectivity index (χ4v) is 1.35. The Balaban J connectivity index is 1.83. The van der Waals surface area contributed by atoms with Gasteiger partial charge in [0.2, 0.25) is 0 Å². The molecule has 0 spiro atoms. The predicted octanol–water partition coefficient (Wildman–Crippen LogP) is 2.58. The van der Waals surface area contributed by atoms with Crippen LogP contribution in [0.3, 0.4) is 0 Å². The molecule has 0 aromatic rings. The lowest BCUT2D eigenvalue weighted by Crippen LogP contribution is -2.40. The molecule has 84 valence electrons. The molecule has 0 bridgehead atoms. The summed E-state index contributed by atoms with van der Waals surface area (Å²) in [5, 5.41) is 3.49. The Hall–Kier alpha value is -0.0800. The van der Waals surface area contributed by atoms with Crippen molar-refractivity contribution in [3.63, 3.8) is 0 Å². The van der Waals surface area contributed by atoms with Crippen molar-refractivity contribution in [2.75, 3.05) is 19.8 Å². The Labute approximate surface area is 88.4 Å². The molecule has 0 aromatic heterocycles. The Morgan fingerprint density at radius 1 is 1.29 bits per heavy atom. The average Bonchev–Trinajstić information content (AvgIpc) is 2.95. The van der Waals surface area contributed by atoms with Crippen LogP contribution < -0.4 is 5.32 Å². The maximum atomic E-state index is 5.56.